The largest absolute Gasteiger partial charge is 0.259 e. The Balaban J connectivity index is 3.18. The minimum absolute atomic E-state index is 0.146. The third-order valence-corrected chi connectivity index (χ3v) is 2.31. The van der Waals surface area contributed by atoms with E-state index in [1.54, 1.807) is 31.2 Å². The summed E-state index contributed by atoms with van der Waals surface area (Å²) in [5.74, 6) is 0. The number of nitro groups is 1. The van der Waals surface area contributed by atoms with Gasteiger partial charge in [0.15, 0.2) is 0 Å². The van der Waals surface area contributed by atoms with E-state index >= 15 is 0 Å². The molecule has 4 heteroatoms. The Morgan fingerprint density at radius 1 is 1.43 bits per heavy atom. The van der Waals surface area contributed by atoms with Crippen LogP contribution >= 0.6 is 11.6 Å². The number of hydrogen-bond donors (Lipinski definition) is 0. The fraction of sp³-hybridized carbons (Fsp3) is 0.200. The van der Waals surface area contributed by atoms with E-state index in [-0.39, 0.29) is 5.70 Å². The standard InChI is InChI=1S/C10H10ClNO2/c1-7(8(2)12(13)14)9-4-3-5-10(11)6-9/h3-6H,1-2H3/b8-7-. The molecule has 1 aromatic carbocycles. The molecule has 0 N–H and O–H groups in total. The molecule has 1 rings (SSSR count). The van der Waals surface area contributed by atoms with Gasteiger partial charge in [-0.15, -0.1) is 0 Å². The molecule has 14 heavy (non-hydrogen) atoms. The topological polar surface area (TPSA) is 43.1 Å². The highest BCUT2D eigenvalue weighted by atomic mass is 35.5. The number of nitrogens with zero attached hydrogens (tertiary/aromatic N) is 1. The van der Waals surface area contributed by atoms with Crippen LogP contribution in [-0.2, 0) is 0 Å². The molecule has 0 radical (unpaired) electrons. The molecule has 0 saturated heterocycles. The SMILES string of the molecule is C/C(=C(\C)[N+](=O)[O-])c1cccc(Cl)c1. The zero-order chi connectivity index (χ0) is 10.7. The summed E-state index contributed by atoms with van der Waals surface area (Å²) >= 11 is 5.78. The third kappa shape index (κ3) is 2.33. The van der Waals surface area contributed by atoms with Crippen molar-refractivity contribution in [2.75, 3.05) is 0 Å². The Hall–Kier alpha value is -1.35. The molecule has 74 valence electrons. The highest BCUT2D eigenvalue weighted by Crippen LogP contribution is 2.21. The molecule has 0 unspecified atom stereocenters. The quantitative estimate of drug-likeness (QED) is 0.556. The highest BCUT2D eigenvalue weighted by molar-refractivity contribution is 6.30. The van der Waals surface area contributed by atoms with E-state index < -0.39 is 4.92 Å². The number of hydrogen-bond acceptors (Lipinski definition) is 2. The normalized spacial score (nSPS) is 12.2. The van der Waals surface area contributed by atoms with Crippen molar-refractivity contribution in [3.8, 4) is 0 Å². The summed E-state index contributed by atoms with van der Waals surface area (Å²) in [5.41, 5.74) is 1.57. The maximum absolute atomic E-state index is 10.5. The molecule has 0 aliphatic carbocycles. The first-order valence-corrected chi connectivity index (χ1v) is 4.48. The maximum atomic E-state index is 10.5. The molecule has 0 aliphatic rings. The molecule has 0 spiro atoms. The summed E-state index contributed by atoms with van der Waals surface area (Å²) in [4.78, 5) is 10.1. The van der Waals surface area contributed by atoms with Crippen molar-refractivity contribution in [2.24, 2.45) is 0 Å². The summed E-state index contributed by atoms with van der Waals surface area (Å²) in [5, 5.41) is 11.1. The Morgan fingerprint density at radius 2 is 2.07 bits per heavy atom. The molecule has 3 nitrogen and oxygen atoms in total. The van der Waals surface area contributed by atoms with Crippen molar-refractivity contribution in [1.82, 2.24) is 0 Å². The minimum atomic E-state index is -0.393. The van der Waals surface area contributed by atoms with Gasteiger partial charge in [0.25, 0.3) is 0 Å². The van der Waals surface area contributed by atoms with E-state index in [1.165, 1.54) is 6.92 Å². The second-order valence-corrected chi connectivity index (χ2v) is 3.41. The molecular weight excluding hydrogens is 202 g/mol. The molecule has 0 heterocycles. The molecule has 0 atom stereocenters. The summed E-state index contributed by atoms with van der Waals surface area (Å²) in [7, 11) is 0. The first-order valence-electron chi connectivity index (χ1n) is 4.10. The Kier molecular flexibility index (Phi) is 3.25. The molecule has 0 bridgehead atoms. The van der Waals surface area contributed by atoms with Crippen LogP contribution in [0.1, 0.15) is 19.4 Å². The molecule has 0 fully saturated rings. The second-order valence-electron chi connectivity index (χ2n) is 2.98. The third-order valence-electron chi connectivity index (χ3n) is 2.07. The van der Waals surface area contributed by atoms with E-state index in [2.05, 4.69) is 0 Å². The molecule has 0 saturated carbocycles. The highest BCUT2D eigenvalue weighted by Gasteiger charge is 2.09. The van der Waals surface area contributed by atoms with Gasteiger partial charge in [-0.2, -0.15) is 0 Å². The van der Waals surface area contributed by atoms with Gasteiger partial charge >= 0.3 is 0 Å². The van der Waals surface area contributed by atoms with Crippen LogP contribution in [0.5, 0.6) is 0 Å². The van der Waals surface area contributed by atoms with Crippen LogP contribution in [-0.4, -0.2) is 4.92 Å². The van der Waals surface area contributed by atoms with E-state index in [4.69, 9.17) is 11.6 Å². The van der Waals surface area contributed by atoms with Crippen LogP contribution in [0.15, 0.2) is 30.0 Å². The maximum Gasteiger partial charge on any atom is 0.246 e. The van der Waals surface area contributed by atoms with E-state index in [0.717, 1.165) is 5.56 Å². The number of allylic oxidation sites excluding steroid dienone is 2. The van der Waals surface area contributed by atoms with Crippen LogP contribution in [0, 0.1) is 10.1 Å². The lowest BCUT2D eigenvalue weighted by Crippen LogP contribution is -1.97. The van der Waals surface area contributed by atoms with Crippen LogP contribution < -0.4 is 0 Å². The second kappa shape index (κ2) is 4.24. The summed E-state index contributed by atoms with van der Waals surface area (Å²) in [6.45, 7) is 3.19. The predicted molar refractivity (Wildman–Crippen MR) is 56.7 cm³/mol. The summed E-state index contributed by atoms with van der Waals surface area (Å²) in [6.07, 6.45) is 0. The first-order chi connectivity index (χ1) is 6.52. The van der Waals surface area contributed by atoms with Crippen molar-refractivity contribution < 1.29 is 4.92 Å². The van der Waals surface area contributed by atoms with Gasteiger partial charge in [-0.1, -0.05) is 23.7 Å². The Morgan fingerprint density at radius 3 is 2.57 bits per heavy atom. The Labute approximate surface area is 87.2 Å². The lowest BCUT2D eigenvalue weighted by Gasteiger charge is -2.01. The number of halogens is 1. The average Bonchev–Trinajstić information content (AvgIpc) is 2.15. The van der Waals surface area contributed by atoms with Crippen molar-refractivity contribution in [3.63, 3.8) is 0 Å². The molecule has 0 aliphatic heterocycles. The first kappa shape index (κ1) is 10.7. The summed E-state index contributed by atoms with van der Waals surface area (Å²) < 4.78 is 0. The van der Waals surface area contributed by atoms with Gasteiger partial charge in [0.05, 0.1) is 4.92 Å². The van der Waals surface area contributed by atoms with Crippen molar-refractivity contribution in [1.29, 1.82) is 0 Å². The smallest absolute Gasteiger partial charge is 0.246 e. The fourth-order valence-electron chi connectivity index (χ4n) is 1.07. The number of rotatable bonds is 2. The zero-order valence-electron chi connectivity index (χ0n) is 7.95. The fourth-order valence-corrected chi connectivity index (χ4v) is 1.26. The lowest BCUT2D eigenvalue weighted by molar-refractivity contribution is -0.423. The van der Waals surface area contributed by atoms with Crippen LogP contribution in [0.3, 0.4) is 0 Å². The predicted octanol–water partition coefficient (Wildman–Crippen LogP) is 3.37. The van der Waals surface area contributed by atoms with Crippen molar-refractivity contribution >= 4 is 17.2 Å². The zero-order valence-corrected chi connectivity index (χ0v) is 8.71. The molecule has 0 amide bonds. The monoisotopic (exact) mass is 211 g/mol. The van der Waals surface area contributed by atoms with Gasteiger partial charge in [-0.3, -0.25) is 10.1 Å². The van der Waals surface area contributed by atoms with Gasteiger partial charge in [0.2, 0.25) is 5.70 Å². The van der Waals surface area contributed by atoms with Gasteiger partial charge in [-0.25, -0.2) is 0 Å². The molecule has 0 aromatic heterocycles. The summed E-state index contributed by atoms with van der Waals surface area (Å²) in [6, 6.07) is 7.02. The van der Waals surface area contributed by atoms with E-state index in [9.17, 15) is 10.1 Å². The lowest BCUT2D eigenvalue weighted by atomic mass is 10.1. The van der Waals surface area contributed by atoms with E-state index in [1.807, 2.05) is 0 Å². The number of benzene rings is 1. The van der Waals surface area contributed by atoms with Crippen LogP contribution in [0.25, 0.3) is 5.57 Å². The molecular formula is C10H10ClNO2. The minimum Gasteiger partial charge on any atom is -0.259 e. The van der Waals surface area contributed by atoms with Crippen molar-refractivity contribution in [3.05, 3.63) is 50.7 Å². The van der Waals surface area contributed by atoms with E-state index in [0.29, 0.717) is 10.6 Å². The van der Waals surface area contributed by atoms with Crippen LogP contribution in [0.4, 0.5) is 0 Å². The van der Waals surface area contributed by atoms with Crippen LogP contribution in [0.2, 0.25) is 5.02 Å². The van der Waals surface area contributed by atoms with Gasteiger partial charge < -0.3 is 0 Å². The average molecular weight is 212 g/mol. The van der Waals surface area contributed by atoms with Gasteiger partial charge in [-0.05, 0) is 24.6 Å². The van der Waals surface area contributed by atoms with Gasteiger partial charge in [0, 0.05) is 17.5 Å². The Bertz CT molecular complexity index is 399. The van der Waals surface area contributed by atoms with Crippen molar-refractivity contribution in [2.45, 2.75) is 13.8 Å². The molecule has 1 aromatic rings. The van der Waals surface area contributed by atoms with Gasteiger partial charge in [0.1, 0.15) is 0 Å².